The number of nitrogens with zero attached hydrogens (tertiary/aromatic N) is 3. The van der Waals surface area contributed by atoms with Crippen molar-refractivity contribution in [2.45, 2.75) is 6.92 Å². The molecule has 0 bridgehead atoms. The molecule has 0 spiro atoms. The summed E-state index contributed by atoms with van der Waals surface area (Å²) < 4.78 is 5.33. The smallest absolute Gasteiger partial charge is 0.129 e. The first-order chi connectivity index (χ1) is 9.66. The van der Waals surface area contributed by atoms with E-state index in [-0.39, 0.29) is 5.75 Å². The Balaban J connectivity index is 2.12. The average Bonchev–Trinajstić information content (AvgIpc) is 2.47. The first kappa shape index (κ1) is 12.8. The van der Waals surface area contributed by atoms with Crippen molar-refractivity contribution >= 4 is 22.3 Å². The van der Waals surface area contributed by atoms with Crippen molar-refractivity contribution in [3.8, 4) is 5.75 Å². The molecule has 0 radical (unpaired) electrons. The summed E-state index contributed by atoms with van der Waals surface area (Å²) in [6, 6.07) is 3.64. The Hall–Kier alpha value is -2.21. The number of nitrogens with one attached hydrogen (secondary N) is 1. The van der Waals surface area contributed by atoms with Gasteiger partial charge in [0.15, 0.2) is 0 Å². The van der Waals surface area contributed by atoms with Crippen LogP contribution in [-0.2, 0) is 4.74 Å². The minimum absolute atomic E-state index is 0.117. The molecule has 2 aromatic rings. The average molecular weight is 272 g/mol. The molecule has 6 heteroatoms. The predicted molar refractivity (Wildman–Crippen MR) is 76.7 cm³/mol. The molecule has 0 atom stereocenters. The molecule has 0 saturated carbocycles. The van der Waals surface area contributed by atoms with Crippen molar-refractivity contribution in [3.05, 3.63) is 24.2 Å². The van der Waals surface area contributed by atoms with E-state index in [2.05, 4.69) is 14.9 Å². The normalized spacial score (nSPS) is 15.6. The molecule has 2 heterocycles. The number of aromatic nitrogens is 2. The van der Waals surface area contributed by atoms with Crippen molar-refractivity contribution < 1.29 is 9.84 Å². The molecule has 1 aromatic heterocycles. The van der Waals surface area contributed by atoms with Crippen LogP contribution in [0.1, 0.15) is 12.6 Å². The molecule has 1 fully saturated rings. The lowest BCUT2D eigenvalue weighted by Gasteiger charge is -2.29. The number of morpholine rings is 1. The van der Waals surface area contributed by atoms with Crippen LogP contribution in [-0.4, -0.2) is 47.1 Å². The number of fused-ring (bicyclic) bond motifs is 1. The number of benzene rings is 1. The van der Waals surface area contributed by atoms with Crippen molar-refractivity contribution in [1.29, 1.82) is 5.41 Å². The molecule has 0 unspecified atom stereocenters. The number of phenolic OH excluding ortho intramolecular Hbond substituents is 1. The first-order valence-electron chi connectivity index (χ1n) is 6.53. The second-order valence-electron chi connectivity index (χ2n) is 4.81. The van der Waals surface area contributed by atoms with Crippen LogP contribution in [0.25, 0.3) is 10.9 Å². The summed E-state index contributed by atoms with van der Waals surface area (Å²) >= 11 is 0. The third-order valence-corrected chi connectivity index (χ3v) is 3.43. The molecular weight excluding hydrogens is 256 g/mol. The van der Waals surface area contributed by atoms with Gasteiger partial charge in [0.2, 0.25) is 0 Å². The van der Waals surface area contributed by atoms with Gasteiger partial charge in [-0.15, -0.1) is 0 Å². The number of phenols is 1. The summed E-state index contributed by atoms with van der Waals surface area (Å²) in [4.78, 5) is 10.4. The number of aromatic hydroxyl groups is 1. The zero-order valence-corrected chi connectivity index (χ0v) is 11.3. The fourth-order valence-corrected chi connectivity index (χ4v) is 2.44. The minimum Gasteiger partial charge on any atom is -0.507 e. The van der Waals surface area contributed by atoms with E-state index in [9.17, 15) is 5.11 Å². The molecular formula is C14H16N4O2. The van der Waals surface area contributed by atoms with E-state index in [0.717, 1.165) is 18.8 Å². The van der Waals surface area contributed by atoms with Crippen LogP contribution < -0.4 is 4.90 Å². The van der Waals surface area contributed by atoms with Gasteiger partial charge in [-0.3, -0.25) is 0 Å². The second-order valence-corrected chi connectivity index (χ2v) is 4.81. The highest BCUT2D eigenvalue weighted by Crippen LogP contribution is 2.31. The summed E-state index contributed by atoms with van der Waals surface area (Å²) in [5.74, 6) is 0.117. The Morgan fingerprint density at radius 2 is 2.05 bits per heavy atom. The van der Waals surface area contributed by atoms with Crippen LogP contribution in [0.4, 0.5) is 5.69 Å². The maximum atomic E-state index is 10.3. The van der Waals surface area contributed by atoms with Crippen LogP contribution in [0, 0.1) is 5.41 Å². The Morgan fingerprint density at radius 3 is 2.75 bits per heavy atom. The largest absolute Gasteiger partial charge is 0.507 e. The standard InChI is InChI=1S/C14H16N4O2/c1-9(15)14-13-11(16-8-17-14)6-10(7-12(13)19)18-2-4-20-5-3-18/h6-8,15,19H,2-5H2,1H3. The number of anilines is 1. The molecule has 3 rings (SSSR count). The SMILES string of the molecule is CC(=N)c1ncnc2cc(N3CCOCC3)cc(O)c12. The molecule has 6 nitrogen and oxygen atoms in total. The highest BCUT2D eigenvalue weighted by molar-refractivity contribution is 6.08. The van der Waals surface area contributed by atoms with Crippen LogP contribution in [0.15, 0.2) is 18.5 Å². The lowest BCUT2D eigenvalue weighted by molar-refractivity contribution is 0.122. The molecule has 0 aliphatic carbocycles. The highest BCUT2D eigenvalue weighted by Gasteiger charge is 2.16. The molecule has 1 aromatic carbocycles. The van der Waals surface area contributed by atoms with E-state index in [4.69, 9.17) is 10.1 Å². The van der Waals surface area contributed by atoms with E-state index in [1.807, 2.05) is 6.07 Å². The fraction of sp³-hybridized carbons (Fsp3) is 0.357. The third-order valence-electron chi connectivity index (χ3n) is 3.43. The van der Waals surface area contributed by atoms with E-state index >= 15 is 0 Å². The molecule has 2 N–H and O–H groups in total. The van der Waals surface area contributed by atoms with Gasteiger partial charge in [0.25, 0.3) is 0 Å². The fourth-order valence-electron chi connectivity index (χ4n) is 2.44. The van der Waals surface area contributed by atoms with Gasteiger partial charge in [-0.2, -0.15) is 0 Å². The molecule has 1 aliphatic heterocycles. The maximum absolute atomic E-state index is 10.3. The minimum atomic E-state index is 0.117. The lowest BCUT2D eigenvalue weighted by atomic mass is 10.1. The van der Waals surface area contributed by atoms with E-state index < -0.39 is 0 Å². The van der Waals surface area contributed by atoms with Crippen LogP contribution in [0.5, 0.6) is 5.75 Å². The van der Waals surface area contributed by atoms with Crippen molar-refractivity contribution in [2.75, 3.05) is 31.2 Å². The summed E-state index contributed by atoms with van der Waals surface area (Å²) in [6.45, 7) is 4.62. The van der Waals surface area contributed by atoms with Crippen molar-refractivity contribution in [1.82, 2.24) is 9.97 Å². The van der Waals surface area contributed by atoms with Crippen LogP contribution in [0.2, 0.25) is 0 Å². The summed E-state index contributed by atoms with van der Waals surface area (Å²) in [6.07, 6.45) is 1.43. The molecule has 1 saturated heterocycles. The van der Waals surface area contributed by atoms with Gasteiger partial charge >= 0.3 is 0 Å². The predicted octanol–water partition coefficient (Wildman–Crippen LogP) is 1.56. The quantitative estimate of drug-likeness (QED) is 0.811. The van der Waals surface area contributed by atoms with Gasteiger partial charge in [-0.05, 0) is 13.0 Å². The highest BCUT2D eigenvalue weighted by atomic mass is 16.5. The van der Waals surface area contributed by atoms with Crippen molar-refractivity contribution in [3.63, 3.8) is 0 Å². The van der Waals surface area contributed by atoms with Gasteiger partial charge in [0, 0.05) is 24.8 Å². The van der Waals surface area contributed by atoms with Gasteiger partial charge in [-0.25, -0.2) is 9.97 Å². The number of hydrogen-bond acceptors (Lipinski definition) is 6. The van der Waals surface area contributed by atoms with E-state index in [1.54, 1.807) is 13.0 Å². The summed E-state index contributed by atoms with van der Waals surface area (Å²) in [7, 11) is 0. The molecule has 0 amide bonds. The zero-order chi connectivity index (χ0) is 14.1. The monoisotopic (exact) mass is 272 g/mol. The second kappa shape index (κ2) is 5.05. The van der Waals surface area contributed by atoms with E-state index in [0.29, 0.717) is 35.5 Å². The summed E-state index contributed by atoms with van der Waals surface area (Å²) in [5.41, 5.74) is 2.36. The molecule has 20 heavy (non-hydrogen) atoms. The Bertz CT molecular complexity index is 666. The van der Waals surface area contributed by atoms with Gasteiger partial charge < -0.3 is 20.2 Å². The van der Waals surface area contributed by atoms with Gasteiger partial charge in [-0.1, -0.05) is 0 Å². The zero-order valence-electron chi connectivity index (χ0n) is 11.3. The number of rotatable bonds is 2. The van der Waals surface area contributed by atoms with Gasteiger partial charge in [0.05, 0.1) is 35.5 Å². The van der Waals surface area contributed by atoms with E-state index in [1.165, 1.54) is 6.33 Å². The maximum Gasteiger partial charge on any atom is 0.129 e. The van der Waals surface area contributed by atoms with Crippen molar-refractivity contribution in [2.24, 2.45) is 0 Å². The van der Waals surface area contributed by atoms with Gasteiger partial charge in [0.1, 0.15) is 12.1 Å². The number of ether oxygens (including phenoxy) is 1. The Morgan fingerprint density at radius 1 is 1.30 bits per heavy atom. The summed E-state index contributed by atoms with van der Waals surface area (Å²) in [5, 5.41) is 18.6. The molecule has 1 aliphatic rings. The Labute approximate surface area is 116 Å². The number of hydrogen-bond donors (Lipinski definition) is 2. The lowest BCUT2D eigenvalue weighted by Crippen LogP contribution is -2.36. The Kier molecular flexibility index (Phi) is 3.23. The molecule has 104 valence electrons. The van der Waals surface area contributed by atoms with Crippen LogP contribution >= 0.6 is 0 Å². The van der Waals surface area contributed by atoms with Crippen LogP contribution in [0.3, 0.4) is 0 Å². The first-order valence-corrected chi connectivity index (χ1v) is 6.53. The topological polar surface area (TPSA) is 82.3 Å². The third kappa shape index (κ3) is 2.18.